The van der Waals surface area contributed by atoms with Crippen LogP contribution in [0, 0.1) is 0 Å². The Labute approximate surface area is 105 Å². The zero-order valence-corrected chi connectivity index (χ0v) is 10.5. The van der Waals surface area contributed by atoms with Gasteiger partial charge in [0.15, 0.2) is 0 Å². The van der Waals surface area contributed by atoms with Crippen molar-refractivity contribution in [3.05, 3.63) is 12.2 Å². The van der Waals surface area contributed by atoms with Gasteiger partial charge in [0.1, 0.15) is 6.04 Å². The summed E-state index contributed by atoms with van der Waals surface area (Å²) in [6.07, 6.45) is 1.29. The van der Waals surface area contributed by atoms with Gasteiger partial charge in [-0.05, 0) is 20.8 Å². The lowest BCUT2D eigenvalue weighted by Crippen LogP contribution is -2.74. The molecule has 1 heterocycles. The number of amides is 3. The largest absolute Gasteiger partial charge is 0.465 e. The van der Waals surface area contributed by atoms with E-state index in [0.29, 0.717) is 0 Å². The van der Waals surface area contributed by atoms with Crippen molar-refractivity contribution in [3.8, 4) is 0 Å². The van der Waals surface area contributed by atoms with Crippen LogP contribution in [0.1, 0.15) is 20.8 Å². The van der Waals surface area contributed by atoms with Gasteiger partial charge in [0, 0.05) is 11.6 Å². The topological polar surface area (TPSA) is 113 Å². The molecule has 1 aliphatic heterocycles. The maximum absolute atomic E-state index is 11.8. The first-order valence-corrected chi connectivity index (χ1v) is 5.45. The molecule has 0 saturated carbocycles. The molecular weight excluding hydrogens is 238 g/mol. The quantitative estimate of drug-likeness (QED) is 0.473. The Morgan fingerprint density at radius 3 is 2.39 bits per heavy atom. The molecule has 0 spiro atoms. The highest BCUT2D eigenvalue weighted by atomic mass is 16.4. The lowest BCUT2D eigenvalue weighted by molar-refractivity contribution is -0.156. The Hall–Kier alpha value is -2.05. The minimum absolute atomic E-state index is 0.316. The van der Waals surface area contributed by atoms with Gasteiger partial charge in [0.25, 0.3) is 0 Å². The first-order chi connectivity index (χ1) is 8.14. The molecule has 2 atom stereocenters. The molecule has 0 aliphatic carbocycles. The standard InChI is InChI=1S/C11H17N3O4/c1-11(2,3)14-6(4-5-7(12)15)8(9(14)16)13-10(17)18/h4-6,8,13H,1-3H3,(H2,12,15)(H,17,18)/t6-,8+/m0/s1. The summed E-state index contributed by atoms with van der Waals surface area (Å²) in [6.45, 7) is 5.48. The molecule has 18 heavy (non-hydrogen) atoms. The fraction of sp³-hybridized carbons (Fsp3) is 0.545. The van der Waals surface area contributed by atoms with Crippen molar-refractivity contribution in [2.75, 3.05) is 0 Å². The van der Waals surface area contributed by atoms with Crippen molar-refractivity contribution in [1.29, 1.82) is 0 Å². The maximum Gasteiger partial charge on any atom is 0.405 e. The van der Waals surface area contributed by atoms with E-state index in [-0.39, 0.29) is 5.91 Å². The maximum atomic E-state index is 11.8. The van der Waals surface area contributed by atoms with Crippen molar-refractivity contribution in [3.63, 3.8) is 0 Å². The minimum Gasteiger partial charge on any atom is -0.465 e. The lowest BCUT2D eigenvalue weighted by Gasteiger charge is -2.52. The highest BCUT2D eigenvalue weighted by Crippen LogP contribution is 2.30. The van der Waals surface area contributed by atoms with E-state index in [1.165, 1.54) is 11.0 Å². The van der Waals surface area contributed by atoms with Gasteiger partial charge >= 0.3 is 6.09 Å². The highest BCUT2D eigenvalue weighted by Gasteiger charge is 2.51. The third-order valence-electron chi connectivity index (χ3n) is 2.60. The second-order valence-electron chi connectivity index (χ2n) is 5.06. The van der Waals surface area contributed by atoms with Crippen molar-refractivity contribution >= 4 is 17.9 Å². The van der Waals surface area contributed by atoms with Gasteiger partial charge in [-0.3, -0.25) is 9.59 Å². The van der Waals surface area contributed by atoms with Crippen LogP contribution in [0.4, 0.5) is 4.79 Å². The number of nitrogens with two attached hydrogens (primary N) is 1. The van der Waals surface area contributed by atoms with Gasteiger partial charge in [-0.15, -0.1) is 0 Å². The van der Waals surface area contributed by atoms with Gasteiger partial charge in [-0.2, -0.15) is 0 Å². The molecule has 4 N–H and O–H groups in total. The van der Waals surface area contributed by atoms with Crippen molar-refractivity contribution < 1.29 is 19.5 Å². The molecule has 3 amide bonds. The summed E-state index contributed by atoms with van der Waals surface area (Å²) in [6, 6.07) is -1.36. The molecule has 100 valence electrons. The SMILES string of the molecule is CC(C)(C)N1C(=O)[C@H](NC(=O)O)[C@@H]1C=CC(N)=O. The molecule has 7 heteroatoms. The molecule has 0 aromatic carbocycles. The van der Waals surface area contributed by atoms with Crippen molar-refractivity contribution in [1.82, 2.24) is 10.2 Å². The van der Waals surface area contributed by atoms with Crippen LogP contribution < -0.4 is 11.1 Å². The number of hydrogen-bond acceptors (Lipinski definition) is 3. The zero-order valence-electron chi connectivity index (χ0n) is 10.5. The number of carbonyl (C=O) groups excluding carboxylic acids is 2. The van der Waals surface area contributed by atoms with Crippen LogP contribution in [-0.4, -0.2) is 45.5 Å². The van der Waals surface area contributed by atoms with Crippen LogP contribution in [-0.2, 0) is 9.59 Å². The van der Waals surface area contributed by atoms with Gasteiger partial charge in [0.2, 0.25) is 11.8 Å². The lowest BCUT2D eigenvalue weighted by atomic mass is 9.87. The van der Waals surface area contributed by atoms with E-state index in [9.17, 15) is 14.4 Å². The third kappa shape index (κ3) is 2.79. The number of nitrogens with zero attached hydrogens (tertiary/aromatic N) is 1. The molecular formula is C11H17N3O4. The van der Waals surface area contributed by atoms with E-state index < -0.39 is 29.6 Å². The van der Waals surface area contributed by atoms with Crippen LogP contribution in [0.25, 0.3) is 0 Å². The predicted molar refractivity (Wildman–Crippen MR) is 63.7 cm³/mol. The number of carbonyl (C=O) groups is 3. The van der Waals surface area contributed by atoms with Crippen molar-refractivity contribution in [2.24, 2.45) is 5.73 Å². The predicted octanol–water partition coefficient (Wildman–Crippen LogP) is -0.327. The van der Waals surface area contributed by atoms with E-state index in [2.05, 4.69) is 5.32 Å². The average Bonchev–Trinajstić information content (AvgIpc) is 2.17. The van der Waals surface area contributed by atoms with E-state index in [1.54, 1.807) is 0 Å². The second-order valence-corrected chi connectivity index (χ2v) is 5.06. The van der Waals surface area contributed by atoms with E-state index in [0.717, 1.165) is 6.08 Å². The molecule has 0 aromatic rings. The molecule has 7 nitrogen and oxygen atoms in total. The number of β-lactam (4-membered cyclic amide) rings is 1. The molecule has 1 fully saturated rings. The summed E-state index contributed by atoms with van der Waals surface area (Å²) in [7, 11) is 0. The Morgan fingerprint density at radius 1 is 1.44 bits per heavy atom. The van der Waals surface area contributed by atoms with Crippen LogP contribution in [0.15, 0.2) is 12.2 Å². The molecule has 0 radical (unpaired) electrons. The molecule has 0 unspecified atom stereocenters. The van der Waals surface area contributed by atoms with Crippen molar-refractivity contribution in [2.45, 2.75) is 38.4 Å². The second kappa shape index (κ2) is 4.67. The summed E-state index contributed by atoms with van der Waals surface area (Å²) in [5.41, 5.74) is 4.53. The van der Waals surface area contributed by atoms with Gasteiger partial charge < -0.3 is 21.1 Å². The molecule has 1 rings (SSSR count). The van der Waals surface area contributed by atoms with Crippen LogP contribution in [0.5, 0.6) is 0 Å². The molecule has 0 aromatic heterocycles. The molecule has 1 aliphatic rings. The number of primary amides is 1. The smallest absolute Gasteiger partial charge is 0.405 e. The Bertz CT molecular complexity index is 411. The Morgan fingerprint density at radius 2 is 2.00 bits per heavy atom. The van der Waals surface area contributed by atoms with Crippen LogP contribution in [0.3, 0.4) is 0 Å². The summed E-state index contributed by atoms with van der Waals surface area (Å²) < 4.78 is 0. The van der Waals surface area contributed by atoms with E-state index in [1.807, 2.05) is 20.8 Å². The summed E-state index contributed by atoms with van der Waals surface area (Å²) in [4.78, 5) is 34.7. The van der Waals surface area contributed by atoms with E-state index >= 15 is 0 Å². The monoisotopic (exact) mass is 255 g/mol. The summed E-state index contributed by atoms with van der Waals surface area (Å²) >= 11 is 0. The molecule has 0 bridgehead atoms. The van der Waals surface area contributed by atoms with Gasteiger partial charge in [0.05, 0.1) is 6.04 Å². The normalized spacial score (nSPS) is 23.9. The number of hydrogen-bond donors (Lipinski definition) is 3. The summed E-state index contributed by atoms with van der Waals surface area (Å²) in [5, 5.41) is 10.8. The molecule has 1 saturated heterocycles. The number of rotatable bonds is 3. The highest BCUT2D eigenvalue weighted by molar-refractivity contribution is 5.94. The minimum atomic E-state index is -1.28. The average molecular weight is 255 g/mol. The fourth-order valence-corrected chi connectivity index (χ4v) is 1.96. The number of nitrogens with one attached hydrogen (secondary N) is 1. The third-order valence-corrected chi connectivity index (χ3v) is 2.60. The zero-order chi connectivity index (χ0) is 14.1. The first-order valence-electron chi connectivity index (χ1n) is 5.45. The number of likely N-dealkylation sites (tertiary alicyclic amines) is 1. The van der Waals surface area contributed by atoms with Crippen LogP contribution in [0.2, 0.25) is 0 Å². The Kier molecular flexibility index (Phi) is 3.64. The first kappa shape index (κ1) is 14.0. The summed E-state index contributed by atoms with van der Waals surface area (Å²) in [5.74, 6) is -0.957. The van der Waals surface area contributed by atoms with Gasteiger partial charge in [-0.1, -0.05) is 6.08 Å². The fourth-order valence-electron chi connectivity index (χ4n) is 1.96. The Balaban J connectivity index is 2.91. The van der Waals surface area contributed by atoms with Gasteiger partial charge in [-0.25, -0.2) is 4.79 Å². The van der Waals surface area contributed by atoms with E-state index in [4.69, 9.17) is 10.8 Å². The number of carboxylic acid groups (broad SMARTS) is 1. The van der Waals surface area contributed by atoms with Crippen LogP contribution >= 0.6 is 0 Å².